The van der Waals surface area contributed by atoms with Gasteiger partial charge in [-0.05, 0) is 68.1 Å². The molecule has 0 aromatic rings. The first-order chi connectivity index (χ1) is 11.6. The van der Waals surface area contributed by atoms with E-state index in [9.17, 15) is 19.8 Å². The van der Waals surface area contributed by atoms with E-state index in [2.05, 4.69) is 13.8 Å². The highest BCUT2D eigenvalue weighted by Crippen LogP contribution is 2.69. The first-order valence-corrected chi connectivity index (χ1v) is 9.50. The molecule has 2 fully saturated rings. The Hall–Kier alpha value is -1.36. The molecule has 2 saturated carbocycles. The fraction of sp³-hybridized carbons (Fsp3) is 0.800. The highest BCUT2D eigenvalue weighted by Gasteiger charge is 2.64. The van der Waals surface area contributed by atoms with Crippen molar-refractivity contribution in [2.45, 2.75) is 72.0 Å². The maximum Gasteiger partial charge on any atom is 0.336 e. The lowest BCUT2D eigenvalue weighted by Gasteiger charge is -2.63. The number of rotatable bonds is 1. The number of carboxylic acids is 1. The maximum atomic E-state index is 12.1. The zero-order chi connectivity index (χ0) is 18.2. The third kappa shape index (κ3) is 1.99. The smallest absolute Gasteiger partial charge is 0.336 e. The average Bonchev–Trinajstić information content (AvgIpc) is 2.82. The van der Waals surface area contributed by atoms with Crippen molar-refractivity contribution in [3.63, 3.8) is 0 Å². The summed E-state index contributed by atoms with van der Waals surface area (Å²) in [6.07, 6.45) is 4.71. The van der Waals surface area contributed by atoms with Crippen molar-refractivity contribution in [1.82, 2.24) is 0 Å². The summed E-state index contributed by atoms with van der Waals surface area (Å²) in [5.41, 5.74) is 0.425. The van der Waals surface area contributed by atoms with Gasteiger partial charge < -0.3 is 14.9 Å². The van der Waals surface area contributed by atoms with Gasteiger partial charge in [0, 0.05) is 11.1 Å². The monoisotopic (exact) mass is 348 g/mol. The Labute approximate surface area is 148 Å². The van der Waals surface area contributed by atoms with E-state index in [4.69, 9.17) is 4.74 Å². The second-order valence-electron chi connectivity index (χ2n) is 9.33. The Morgan fingerprint density at radius 1 is 1.12 bits per heavy atom. The van der Waals surface area contributed by atoms with Crippen LogP contribution in [0.3, 0.4) is 0 Å². The summed E-state index contributed by atoms with van der Waals surface area (Å²) in [5, 5.41) is 20.3. The molecule has 4 aliphatic rings. The van der Waals surface area contributed by atoms with Crippen LogP contribution in [0, 0.1) is 28.1 Å². The third-order valence-corrected chi connectivity index (χ3v) is 8.32. The summed E-state index contributed by atoms with van der Waals surface area (Å²) >= 11 is 0. The largest absolute Gasteiger partial charge is 0.481 e. The highest BCUT2D eigenvalue weighted by atomic mass is 16.6. The van der Waals surface area contributed by atoms with Crippen molar-refractivity contribution in [2.75, 3.05) is 0 Å². The zero-order valence-electron chi connectivity index (χ0n) is 15.3. The number of hydrogen-bond acceptors (Lipinski definition) is 4. The molecule has 0 saturated heterocycles. The number of aliphatic carboxylic acids is 1. The number of aliphatic hydroxyl groups is 1. The summed E-state index contributed by atoms with van der Waals surface area (Å²) in [6, 6.07) is 0. The summed E-state index contributed by atoms with van der Waals surface area (Å²) in [4.78, 5) is 24.1. The van der Waals surface area contributed by atoms with Gasteiger partial charge in [0.25, 0.3) is 0 Å². The minimum atomic E-state index is -1.12. The van der Waals surface area contributed by atoms with Gasteiger partial charge in [-0.2, -0.15) is 0 Å². The van der Waals surface area contributed by atoms with Crippen molar-refractivity contribution in [3.05, 3.63) is 11.1 Å². The molecule has 3 aliphatic carbocycles. The standard InChI is InChI=1S/C20H28O5/c1-18-8-4-9-20(3,17(23)24)13(18)7-10-19(2)12(18)6-5-11-14(19)16(22)25-15(11)21/h12-13,16,22H,4-10H2,1-3H3,(H,23,24)/t12-,13-,16+,18-,19-,20+/m1/s1. The fourth-order valence-corrected chi connectivity index (χ4v) is 7.19. The lowest BCUT2D eigenvalue weighted by atomic mass is 9.40. The predicted octanol–water partition coefficient (Wildman–Crippen LogP) is 3.27. The number of cyclic esters (lactones) is 1. The lowest BCUT2D eigenvalue weighted by Crippen LogP contribution is -2.59. The molecule has 6 atom stereocenters. The second kappa shape index (κ2) is 5.09. The van der Waals surface area contributed by atoms with E-state index in [0.29, 0.717) is 12.0 Å². The average molecular weight is 348 g/mol. The van der Waals surface area contributed by atoms with Crippen molar-refractivity contribution >= 4 is 11.9 Å². The Morgan fingerprint density at radius 2 is 1.84 bits per heavy atom. The molecule has 0 spiro atoms. The van der Waals surface area contributed by atoms with Gasteiger partial charge in [0.2, 0.25) is 6.29 Å². The Balaban J connectivity index is 1.79. The van der Waals surface area contributed by atoms with Gasteiger partial charge in [-0.15, -0.1) is 0 Å². The number of esters is 1. The molecule has 0 bridgehead atoms. The van der Waals surface area contributed by atoms with Crippen LogP contribution in [0.4, 0.5) is 0 Å². The fourth-order valence-electron chi connectivity index (χ4n) is 7.19. The topological polar surface area (TPSA) is 83.8 Å². The Morgan fingerprint density at radius 3 is 2.52 bits per heavy atom. The van der Waals surface area contributed by atoms with Crippen molar-refractivity contribution in [1.29, 1.82) is 0 Å². The van der Waals surface area contributed by atoms with Crippen LogP contribution in [0.15, 0.2) is 11.1 Å². The van der Waals surface area contributed by atoms with E-state index in [0.717, 1.165) is 44.1 Å². The second-order valence-corrected chi connectivity index (χ2v) is 9.33. The normalized spacial score (nSPS) is 49.1. The first kappa shape index (κ1) is 17.1. The van der Waals surface area contributed by atoms with Gasteiger partial charge in [-0.3, -0.25) is 4.79 Å². The van der Waals surface area contributed by atoms with Crippen LogP contribution >= 0.6 is 0 Å². The maximum absolute atomic E-state index is 12.1. The SMILES string of the molecule is C[C@]12CCC[C@](C)(C(=O)O)[C@@H]1CC[C@@]1(C)C3=C(CC[C@H]21)C(=O)O[C@@H]3O. The van der Waals surface area contributed by atoms with Crippen LogP contribution in [0.5, 0.6) is 0 Å². The summed E-state index contributed by atoms with van der Waals surface area (Å²) < 4.78 is 5.12. The molecule has 1 aliphatic heterocycles. The number of hydrogen-bond donors (Lipinski definition) is 2. The van der Waals surface area contributed by atoms with Gasteiger partial charge in [0.1, 0.15) is 0 Å². The van der Waals surface area contributed by atoms with Crippen LogP contribution in [-0.4, -0.2) is 28.4 Å². The van der Waals surface area contributed by atoms with Crippen LogP contribution in [0.2, 0.25) is 0 Å². The van der Waals surface area contributed by atoms with Crippen molar-refractivity contribution in [3.8, 4) is 0 Å². The van der Waals surface area contributed by atoms with E-state index >= 15 is 0 Å². The Kier molecular flexibility index (Phi) is 3.48. The number of carbonyl (C=O) groups is 2. The van der Waals surface area contributed by atoms with Crippen LogP contribution in [-0.2, 0) is 14.3 Å². The number of carbonyl (C=O) groups excluding carboxylic acids is 1. The first-order valence-electron chi connectivity index (χ1n) is 9.50. The molecular formula is C20H28O5. The van der Waals surface area contributed by atoms with Gasteiger partial charge in [-0.25, -0.2) is 4.79 Å². The van der Waals surface area contributed by atoms with E-state index in [1.807, 2.05) is 6.92 Å². The number of ether oxygens (including phenoxy) is 1. The third-order valence-electron chi connectivity index (χ3n) is 8.32. The minimum Gasteiger partial charge on any atom is -0.481 e. The molecule has 2 N–H and O–H groups in total. The quantitative estimate of drug-likeness (QED) is 0.711. The van der Waals surface area contributed by atoms with Crippen molar-refractivity contribution < 1.29 is 24.5 Å². The zero-order valence-corrected chi connectivity index (χ0v) is 15.3. The molecular weight excluding hydrogens is 320 g/mol. The molecule has 0 unspecified atom stereocenters. The van der Waals surface area contributed by atoms with E-state index in [-0.39, 0.29) is 28.6 Å². The van der Waals surface area contributed by atoms with Gasteiger partial charge in [0.15, 0.2) is 0 Å². The molecule has 0 amide bonds. The summed E-state index contributed by atoms with van der Waals surface area (Å²) in [7, 11) is 0. The van der Waals surface area contributed by atoms with E-state index < -0.39 is 17.7 Å². The molecule has 0 aromatic heterocycles. The minimum absolute atomic E-state index is 0.0811. The number of aliphatic hydroxyl groups excluding tert-OH is 1. The van der Waals surface area contributed by atoms with Crippen molar-refractivity contribution in [2.24, 2.45) is 28.1 Å². The van der Waals surface area contributed by atoms with Crippen LogP contribution in [0.25, 0.3) is 0 Å². The number of carboxylic acid groups (broad SMARTS) is 1. The summed E-state index contributed by atoms with van der Waals surface area (Å²) in [6.45, 7) is 6.34. The molecule has 0 radical (unpaired) electrons. The molecule has 5 nitrogen and oxygen atoms in total. The van der Waals surface area contributed by atoms with Crippen LogP contribution < -0.4 is 0 Å². The molecule has 25 heavy (non-hydrogen) atoms. The molecule has 0 aromatic carbocycles. The predicted molar refractivity (Wildman–Crippen MR) is 90.4 cm³/mol. The Bertz CT molecular complexity index is 682. The van der Waals surface area contributed by atoms with E-state index in [1.54, 1.807) is 0 Å². The van der Waals surface area contributed by atoms with Crippen LogP contribution in [0.1, 0.15) is 65.7 Å². The van der Waals surface area contributed by atoms with Gasteiger partial charge >= 0.3 is 11.9 Å². The lowest BCUT2D eigenvalue weighted by molar-refractivity contribution is -0.177. The van der Waals surface area contributed by atoms with Gasteiger partial charge in [0.05, 0.1) is 5.41 Å². The van der Waals surface area contributed by atoms with E-state index in [1.165, 1.54) is 0 Å². The molecule has 138 valence electrons. The molecule has 1 heterocycles. The molecule has 5 heteroatoms. The number of fused-ring (bicyclic) bond motifs is 4. The molecule has 4 rings (SSSR count). The van der Waals surface area contributed by atoms with Gasteiger partial charge in [-0.1, -0.05) is 20.3 Å². The highest BCUT2D eigenvalue weighted by molar-refractivity contribution is 5.92. The summed E-state index contributed by atoms with van der Waals surface area (Å²) in [5.74, 6) is -0.627.